The lowest BCUT2D eigenvalue weighted by Gasteiger charge is -2.06. The summed E-state index contributed by atoms with van der Waals surface area (Å²) in [7, 11) is 1.63. The van der Waals surface area contributed by atoms with Crippen LogP contribution < -0.4 is 10.6 Å². The zero-order valence-electron chi connectivity index (χ0n) is 10.8. The summed E-state index contributed by atoms with van der Waals surface area (Å²) in [5.74, 6) is -0.0642. The number of benzene rings is 1. The van der Waals surface area contributed by atoms with Crippen LogP contribution in [0.3, 0.4) is 0 Å². The summed E-state index contributed by atoms with van der Waals surface area (Å²) < 4.78 is 1.78. The fraction of sp³-hybridized carbons (Fsp3) is 0.308. The van der Waals surface area contributed by atoms with Crippen LogP contribution in [0.4, 0.5) is 0 Å². The van der Waals surface area contributed by atoms with Crippen molar-refractivity contribution in [1.82, 2.24) is 25.6 Å². The van der Waals surface area contributed by atoms with Crippen LogP contribution in [0.1, 0.15) is 15.9 Å². The second-order valence-corrected chi connectivity index (χ2v) is 4.12. The Labute approximate surface area is 111 Å². The summed E-state index contributed by atoms with van der Waals surface area (Å²) >= 11 is 0. The van der Waals surface area contributed by atoms with E-state index in [1.165, 1.54) is 0 Å². The lowest BCUT2D eigenvalue weighted by Crippen LogP contribution is -2.20. The molecule has 100 valence electrons. The Hall–Kier alpha value is -2.21. The number of hydrogen-bond donors (Lipinski definition) is 2. The van der Waals surface area contributed by atoms with Crippen molar-refractivity contribution >= 4 is 5.91 Å². The van der Waals surface area contributed by atoms with Gasteiger partial charge in [-0.15, -0.1) is 5.10 Å². The van der Waals surface area contributed by atoms with Crippen molar-refractivity contribution in [3.63, 3.8) is 0 Å². The van der Waals surface area contributed by atoms with Crippen LogP contribution in [-0.2, 0) is 13.1 Å². The van der Waals surface area contributed by atoms with Crippen molar-refractivity contribution in [3.8, 4) is 0 Å². The number of carbonyl (C=O) groups excluding carboxylic acids is 1. The molecule has 0 aliphatic rings. The second kappa shape index (κ2) is 6.65. The largest absolute Gasteiger partial charge is 0.355 e. The van der Waals surface area contributed by atoms with Gasteiger partial charge in [-0.25, -0.2) is 0 Å². The number of nitrogens with one attached hydrogen (secondary N) is 2. The van der Waals surface area contributed by atoms with E-state index < -0.39 is 0 Å². The molecule has 0 atom stereocenters. The number of carbonyl (C=O) groups is 1. The molecule has 1 aromatic heterocycles. The molecule has 0 aliphatic carbocycles. The fourth-order valence-electron chi connectivity index (χ4n) is 1.70. The smallest absolute Gasteiger partial charge is 0.251 e. The van der Waals surface area contributed by atoms with Gasteiger partial charge in [0.15, 0.2) is 0 Å². The molecule has 0 radical (unpaired) electrons. The highest BCUT2D eigenvalue weighted by molar-refractivity contribution is 5.93. The molecule has 6 heteroatoms. The van der Waals surface area contributed by atoms with Gasteiger partial charge in [-0.2, -0.15) is 0 Å². The van der Waals surface area contributed by atoms with E-state index in [4.69, 9.17) is 0 Å². The predicted octanol–water partition coefficient (Wildman–Crippen LogP) is 0.427. The highest BCUT2D eigenvalue weighted by Crippen LogP contribution is 2.04. The van der Waals surface area contributed by atoms with Gasteiger partial charge in [0.1, 0.15) is 0 Å². The Kier molecular flexibility index (Phi) is 4.63. The van der Waals surface area contributed by atoms with Crippen molar-refractivity contribution in [1.29, 1.82) is 0 Å². The number of amides is 1. The maximum absolute atomic E-state index is 11.4. The molecule has 0 aliphatic heterocycles. The normalized spacial score (nSPS) is 10.4. The van der Waals surface area contributed by atoms with Crippen LogP contribution in [0.2, 0.25) is 0 Å². The third-order valence-corrected chi connectivity index (χ3v) is 2.76. The topological polar surface area (TPSA) is 71.8 Å². The van der Waals surface area contributed by atoms with Crippen LogP contribution in [0.25, 0.3) is 0 Å². The van der Waals surface area contributed by atoms with E-state index in [1.54, 1.807) is 17.9 Å². The first-order valence-corrected chi connectivity index (χ1v) is 6.15. The number of hydrogen-bond acceptors (Lipinski definition) is 4. The Balaban J connectivity index is 1.75. The third-order valence-electron chi connectivity index (χ3n) is 2.76. The van der Waals surface area contributed by atoms with Gasteiger partial charge in [-0.3, -0.25) is 9.48 Å². The van der Waals surface area contributed by atoms with Gasteiger partial charge >= 0.3 is 0 Å². The highest BCUT2D eigenvalue weighted by atomic mass is 16.1. The fourth-order valence-corrected chi connectivity index (χ4v) is 1.70. The van der Waals surface area contributed by atoms with Crippen molar-refractivity contribution < 1.29 is 4.79 Å². The lowest BCUT2D eigenvalue weighted by atomic mass is 10.1. The van der Waals surface area contributed by atoms with E-state index in [1.807, 2.05) is 30.5 Å². The molecule has 0 spiro atoms. The van der Waals surface area contributed by atoms with Gasteiger partial charge < -0.3 is 10.6 Å². The molecule has 2 aromatic rings. The summed E-state index contributed by atoms with van der Waals surface area (Å²) in [6.45, 7) is 2.37. The second-order valence-electron chi connectivity index (χ2n) is 4.12. The molecule has 0 saturated heterocycles. The van der Waals surface area contributed by atoms with Crippen molar-refractivity contribution in [2.45, 2.75) is 13.1 Å². The maximum Gasteiger partial charge on any atom is 0.251 e. The molecule has 0 unspecified atom stereocenters. The molecule has 0 fully saturated rings. The standard InChI is InChI=1S/C13H17N5O/c1-14-13(19)12-4-2-11(3-5-12)10-15-6-8-18-9-7-16-17-18/h2-5,7,9,15H,6,8,10H2,1H3,(H,14,19). The molecule has 19 heavy (non-hydrogen) atoms. The first-order chi connectivity index (χ1) is 9.29. The van der Waals surface area contributed by atoms with Crippen LogP contribution in [0, 0.1) is 0 Å². The van der Waals surface area contributed by atoms with E-state index in [0.29, 0.717) is 5.56 Å². The van der Waals surface area contributed by atoms with E-state index >= 15 is 0 Å². The summed E-state index contributed by atoms with van der Waals surface area (Å²) in [5.41, 5.74) is 1.82. The van der Waals surface area contributed by atoms with Crippen molar-refractivity contribution in [2.75, 3.05) is 13.6 Å². The quantitative estimate of drug-likeness (QED) is 0.738. The summed E-state index contributed by atoms with van der Waals surface area (Å²) in [5, 5.41) is 13.5. The zero-order valence-corrected chi connectivity index (χ0v) is 10.8. The number of rotatable bonds is 6. The lowest BCUT2D eigenvalue weighted by molar-refractivity contribution is 0.0963. The molecule has 6 nitrogen and oxygen atoms in total. The minimum absolute atomic E-state index is 0.0642. The molecule has 2 rings (SSSR count). The summed E-state index contributed by atoms with van der Waals surface area (Å²) in [4.78, 5) is 11.4. The SMILES string of the molecule is CNC(=O)c1ccc(CNCCn2ccnn2)cc1. The van der Waals surface area contributed by atoms with Gasteiger partial charge in [-0.1, -0.05) is 17.3 Å². The van der Waals surface area contributed by atoms with Gasteiger partial charge in [-0.05, 0) is 17.7 Å². The van der Waals surface area contributed by atoms with Crippen LogP contribution in [-0.4, -0.2) is 34.5 Å². The van der Waals surface area contributed by atoms with Gasteiger partial charge in [0.2, 0.25) is 0 Å². The Morgan fingerprint density at radius 1 is 1.32 bits per heavy atom. The maximum atomic E-state index is 11.4. The molecule has 1 heterocycles. The average molecular weight is 259 g/mol. The molecule has 1 amide bonds. The molecule has 0 saturated carbocycles. The Bertz CT molecular complexity index is 506. The van der Waals surface area contributed by atoms with E-state index in [9.17, 15) is 4.79 Å². The monoisotopic (exact) mass is 259 g/mol. The molecule has 0 bridgehead atoms. The average Bonchev–Trinajstić information content (AvgIpc) is 2.96. The molecule has 2 N–H and O–H groups in total. The van der Waals surface area contributed by atoms with Crippen LogP contribution in [0.5, 0.6) is 0 Å². The zero-order chi connectivity index (χ0) is 13.5. The summed E-state index contributed by atoms with van der Waals surface area (Å²) in [6.07, 6.45) is 3.50. The Morgan fingerprint density at radius 3 is 2.74 bits per heavy atom. The predicted molar refractivity (Wildman–Crippen MR) is 71.6 cm³/mol. The molecular weight excluding hydrogens is 242 g/mol. The van der Waals surface area contributed by atoms with Gasteiger partial charge in [0.05, 0.1) is 12.7 Å². The van der Waals surface area contributed by atoms with E-state index in [-0.39, 0.29) is 5.91 Å². The number of aromatic nitrogens is 3. The van der Waals surface area contributed by atoms with Gasteiger partial charge in [0, 0.05) is 31.9 Å². The minimum Gasteiger partial charge on any atom is -0.355 e. The first-order valence-electron chi connectivity index (χ1n) is 6.15. The van der Waals surface area contributed by atoms with E-state index in [2.05, 4.69) is 20.9 Å². The summed E-state index contributed by atoms with van der Waals surface area (Å²) in [6, 6.07) is 7.56. The first kappa shape index (κ1) is 13.2. The number of nitrogens with zero attached hydrogens (tertiary/aromatic N) is 3. The molecular formula is C13H17N5O. The third kappa shape index (κ3) is 3.89. The van der Waals surface area contributed by atoms with Gasteiger partial charge in [0.25, 0.3) is 5.91 Å². The molecule has 1 aromatic carbocycles. The highest BCUT2D eigenvalue weighted by Gasteiger charge is 2.01. The van der Waals surface area contributed by atoms with Crippen molar-refractivity contribution in [3.05, 3.63) is 47.8 Å². The Morgan fingerprint density at radius 2 is 2.11 bits per heavy atom. The van der Waals surface area contributed by atoms with Crippen LogP contribution >= 0.6 is 0 Å². The minimum atomic E-state index is -0.0642. The van der Waals surface area contributed by atoms with Crippen molar-refractivity contribution in [2.24, 2.45) is 0 Å². The van der Waals surface area contributed by atoms with E-state index in [0.717, 1.165) is 25.2 Å². The van der Waals surface area contributed by atoms with Crippen LogP contribution in [0.15, 0.2) is 36.7 Å².